The van der Waals surface area contributed by atoms with Crippen molar-refractivity contribution < 1.29 is 14.3 Å². The second-order valence-electron chi connectivity index (χ2n) is 5.94. The van der Waals surface area contributed by atoms with Gasteiger partial charge in [-0.3, -0.25) is 9.59 Å². The summed E-state index contributed by atoms with van der Waals surface area (Å²) < 4.78 is 5.31. The molecular formula is C16H22Cl3N3O3. The number of halogens is 3. The number of nitrogens with one attached hydrogen (secondary N) is 1. The number of rotatable bonds is 5. The average Bonchev–Trinajstić information content (AvgIpc) is 2.58. The number of ether oxygens (including phenoxy) is 1. The lowest BCUT2D eigenvalue weighted by atomic mass is 9.79. The van der Waals surface area contributed by atoms with E-state index in [-0.39, 0.29) is 37.3 Å². The summed E-state index contributed by atoms with van der Waals surface area (Å²) in [4.78, 5) is 26.3. The molecular weight excluding hydrogens is 389 g/mol. The normalized spacial score (nSPS) is 15.8. The van der Waals surface area contributed by atoms with Gasteiger partial charge in [0.1, 0.15) is 0 Å². The van der Waals surface area contributed by atoms with Crippen LogP contribution >= 0.6 is 35.6 Å². The highest BCUT2D eigenvalue weighted by Crippen LogP contribution is 2.31. The van der Waals surface area contributed by atoms with Gasteiger partial charge in [0.15, 0.2) is 0 Å². The number of nitrogens with two attached hydrogens (primary N) is 1. The van der Waals surface area contributed by atoms with Crippen LogP contribution in [-0.2, 0) is 14.3 Å². The van der Waals surface area contributed by atoms with Gasteiger partial charge in [0.25, 0.3) is 0 Å². The van der Waals surface area contributed by atoms with Gasteiger partial charge >= 0.3 is 0 Å². The molecule has 1 aliphatic heterocycles. The Kier molecular flexibility index (Phi) is 8.44. The molecule has 0 aliphatic carbocycles. The van der Waals surface area contributed by atoms with E-state index in [0.29, 0.717) is 41.8 Å². The number of nitrogens with zero attached hydrogens (tertiary/aromatic N) is 1. The fourth-order valence-corrected chi connectivity index (χ4v) is 3.03. The molecule has 0 saturated carbocycles. The van der Waals surface area contributed by atoms with Crippen LogP contribution in [0.3, 0.4) is 0 Å². The predicted molar refractivity (Wildman–Crippen MR) is 102 cm³/mol. The Morgan fingerprint density at radius 2 is 1.92 bits per heavy atom. The number of hydrogen-bond donors (Lipinski definition) is 2. The first-order valence-electron chi connectivity index (χ1n) is 7.66. The summed E-state index contributed by atoms with van der Waals surface area (Å²) in [6, 6.07) is 4.80. The molecule has 0 bridgehead atoms. The number of carbonyl (C=O) groups is 2. The molecule has 3 N–H and O–H groups in total. The van der Waals surface area contributed by atoms with Crippen molar-refractivity contribution in [2.75, 3.05) is 38.7 Å². The van der Waals surface area contributed by atoms with Crippen molar-refractivity contribution in [2.45, 2.75) is 12.8 Å². The van der Waals surface area contributed by atoms with Crippen LogP contribution in [0.25, 0.3) is 0 Å². The first kappa shape index (κ1) is 22.0. The van der Waals surface area contributed by atoms with Gasteiger partial charge in [-0.1, -0.05) is 23.2 Å². The Labute approximate surface area is 163 Å². The third-order valence-electron chi connectivity index (χ3n) is 4.23. The zero-order valence-corrected chi connectivity index (χ0v) is 16.2. The molecule has 0 aromatic heterocycles. The Balaban J connectivity index is 0.00000312. The highest BCUT2D eigenvalue weighted by molar-refractivity contribution is 6.42. The molecule has 0 atom stereocenters. The third kappa shape index (κ3) is 5.46. The Morgan fingerprint density at radius 3 is 2.48 bits per heavy atom. The van der Waals surface area contributed by atoms with E-state index in [1.807, 2.05) is 0 Å². The number of carbonyl (C=O) groups excluding carboxylic acids is 2. The SMILES string of the molecule is CN(CC(=O)Nc1ccc(Cl)c(Cl)c1)C(=O)C1(CN)CCOCC1.Cl. The Hall–Kier alpha value is -1.05. The van der Waals surface area contributed by atoms with Gasteiger partial charge in [-0.15, -0.1) is 12.4 Å². The second-order valence-corrected chi connectivity index (χ2v) is 6.75. The monoisotopic (exact) mass is 409 g/mol. The van der Waals surface area contributed by atoms with E-state index in [1.54, 1.807) is 25.2 Å². The van der Waals surface area contributed by atoms with Crippen molar-refractivity contribution in [2.24, 2.45) is 11.1 Å². The van der Waals surface area contributed by atoms with E-state index >= 15 is 0 Å². The highest BCUT2D eigenvalue weighted by atomic mass is 35.5. The molecule has 6 nitrogen and oxygen atoms in total. The van der Waals surface area contributed by atoms with E-state index < -0.39 is 5.41 Å². The summed E-state index contributed by atoms with van der Waals surface area (Å²) in [6.45, 7) is 1.19. The van der Waals surface area contributed by atoms with Crippen LogP contribution in [0.15, 0.2) is 18.2 Å². The number of hydrogen-bond acceptors (Lipinski definition) is 4. The van der Waals surface area contributed by atoms with Crippen LogP contribution in [0.4, 0.5) is 5.69 Å². The summed E-state index contributed by atoms with van der Waals surface area (Å²) in [6.07, 6.45) is 1.14. The van der Waals surface area contributed by atoms with Gasteiger partial charge in [-0.2, -0.15) is 0 Å². The van der Waals surface area contributed by atoms with Crippen molar-refractivity contribution in [3.63, 3.8) is 0 Å². The van der Waals surface area contributed by atoms with Gasteiger partial charge in [0, 0.05) is 32.5 Å². The molecule has 0 spiro atoms. The molecule has 1 aromatic carbocycles. The van der Waals surface area contributed by atoms with Gasteiger partial charge in [-0.05, 0) is 31.0 Å². The van der Waals surface area contributed by atoms with Crippen LogP contribution in [0.5, 0.6) is 0 Å². The van der Waals surface area contributed by atoms with Crippen LogP contribution in [0.1, 0.15) is 12.8 Å². The minimum absolute atomic E-state index is 0. The minimum atomic E-state index is -0.642. The maximum Gasteiger partial charge on any atom is 0.243 e. The van der Waals surface area contributed by atoms with Gasteiger partial charge in [0.2, 0.25) is 11.8 Å². The van der Waals surface area contributed by atoms with Crippen LogP contribution in [0, 0.1) is 5.41 Å². The molecule has 1 aromatic rings. The molecule has 1 aliphatic rings. The number of anilines is 1. The fraction of sp³-hybridized carbons (Fsp3) is 0.500. The van der Waals surface area contributed by atoms with Gasteiger partial charge < -0.3 is 20.7 Å². The number of amides is 2. The molecule has 2 rings (SSSR count). The van der Waals surface area contributed by atoms with Crippen LogP contribution in [-0.4, -0.2) is 50.1 Å². The summed E-state index contributed by atoms with van der Waals surface area (Å²) in [5.74, 6) is -0.443. The first-order chi connectivity index (χ1) is 11.4. The Bertz CT molecular complexity index is 622. The van der Waals surface area contributed by atoms with E-state index in [0.717, 1.165) is 0 Å². The highest BCUT2D eigenvalue weighted by Gasteiger charge is 2.40. The summed E-state index contributed by atoms with van der Waals surface area (Å²) in [5.41, 5.74) is 5.71. The Morgan fingerprint density at radius 1 is 1.28 bits per heavy atom. The van der Waals surface area contributed by atoms with E-state index in [9.17, 15) is 9.59 Å². The molecule has 1 fully saturated rings. The van der Waals surface area contributed by atoms with Crippen LogP contribution in [0.2, 0.25) is 10.0 Å². The summed E-state index contributed by atoms with van der Waals surface area (Å²) in [7, 11) is 1.60. The average molecular weight is 411 g/mol. The largest absolute Gasteiger partial charge is 0.381 e. The maximum atomic E-state index is 12.7. The summed E-state index contributed by atoms with van der Waals surface area (Å²) >= 11 is 11.8. The number of benzene rings is 1. The lowest BCUT2D eigenvalue weighted by Gasteiger charge is -2.37. The zero-order valence-electron chi connectivity index (χ0n) is 13.9. The standard InChI is InChI=1S/C16H21Cl2N3O3.ClH/c1-21(15(23)16(10-19)4-6-24-7-5-16)9-14(22)20-11-2-3-12(17)13(18)8-11;/h2-3,8H,4-7,9-10,19H2,1H3,(H,20,22);1H. The quantitative estimate of drug-likeness (QED) is 0.781. The lowest BCUT2D eigenvalue weighted by molar-refractivity contribution is -0.147. The zero-order chi connectivity index (χ0) is 17.7. The maximum absolute atomic E-state index is 12.7. The molecule has 140 valence electrons. The van der Waals surface area contributed by atoms with Gasteiger partial charge in [0.05, 0.1) is 22.0 Å². The molecule has 0 unspecified atom stereocenters. The summed E-state index contributed by atoms with van der Waals surface area (Å²) in [5, 5.41) is 3.46. The topological polar surface area (TPSA) is 84.7 Å². The molecule has 9 heteroatoms. The minimum Gasteiger partial charge on any atom is -0.381 e. The first-order valence-corrected chi connectivity index (χ1v) is 8.42. The predicted octanol–water partition coefficient (Wildman–Crippen LogP) is 2.57. The van der Waals surface area contributed by atoms with Crippen molar-refractivity contribution in [1.82, 2.24) is 4.90 Å². The van der Waals surface area contributed by atoms with E-state index in [2.05, 4.69) is 5.32 Å². The van der Waals surface area contributed by atoms with Gasteiger partial charge in [-0.25, -0.2) is 0 Å². The fourth-order valence-electron chi connectivity index (χ4n) is 2.73. The van der Waals surface area contributed by atoms with E-state index in [4.69, 9.17) is 33.7 Å². The molecule has 1 saturated heterocycles. The van der Waals surface area contributed by atoms with Crippen molar-refractivity contribution in [1.29, 1.82) is 0 Å². The van der Waals surface area contributed by atoms with Crippen molar-refractivity contribution in [3.05, 3.63) is 28.2 Å². The third-order valence-corrected chi connectivity index (χ3v) is 4.96. The number of likely N-dealkylation sites (N-methyl/N-ethyl adjacent to an activating group) is 1. The van der Waals surface area contributed by atoms with Crippen molar-refractivity contribution >= 4 is 53.1 Å². The smallest absolute Gasteiger partial charge is 0.243 e. The molecule has 0 radical (unpaired) electrons. The second kappa shape index (κ2) is 9.59. The lowest BCUT2D eigenvalue weighted by Crippen LogP contribution is -2.51. The van der Waals surface area contributed by atoms with E-state index in [1.165, 1.54) is 4.90 Å². The molecule has 25 heavy (non-hydrogen) atoms. The van der Waals surface area contributed by atoms with Crippen molar-refractivity contribution in [3.8, 4) is 0 Å². The molecule has 2 amide bonds. The van der Waals surface area contributed by atoms with Crippen LogP contribution < -0.4 is 11.1 Å². The molecule has 1 heterocycles.